The summed E-state index contributed by atoms with van der Waals surface area (Å²) in [6.07, 6.45) is 2.17. The maximum atomic E-state index is 6.29. The lowest BCUT2D eigenvalue weighted by molar-refractivity contribution is 0.449. The van der Waals surface area contributed by atoms with Crippen molar-refractivity contribution in [2.24, 2.45) is 0 Å². The van der Waals surface area contributed by atoms with E-state index >= 15 is 0 Å². The Morgan fingerprint density at radius 2 is 1.88 bits per heavy atom. The van der Waals surface area contributed by atoms with Crippen LogP contribution in [0.5, 0.6) is 0 Å². The third kappa shape index (κ3) is 5.21. The Bertz CT molecular complexity index is 816. The zero-order valence-corrected chi connectivity index (χ0v) is 16.5. The van der Waals surface area contributed by atoms with E-state index in [1.54, 1.807) is 0 Å². The molecule has 0 bridgehead atoms. The van der Waals surface area contributed by atoms with E-state index in [4.69, 9.17) is 16.0 Å². The molecule has 0 spiro atoms. The van der Waals surface area contributed by atoms with Gasteiger partial charge >= 0.3 is 0 Å². The molecule has 0 amide bonds. The average molecular weight is 419 g/mol. The first-order valence-electron chi connectivity index (χ1n) is 8.43. The molecule has 1 N–H and O–H groups in total. The first kappa shape index (κ1) is 18.2. The fourth-order valence-electron chi connectivity index (χ4n) is 2.71. The quantitative estimate of drug-likeness (QED) is 0.475. The predicted molar refractivity (Wildman–Crippen MR) is 108 cm³/mol. The minimum absolute atomic E-state index is 0.421. The van der Waals surface area contributed by atoms with E-state index in [2.05, 4.69) is 58.5 Å². The lowest BCUT2D eigenvalue weighted by atomic mass is 10.1. The van der Waals surface area contributed by atoms with Gasteiger partial charge in [-0.25, -0.2) is 0 Å². The van der Waals surface area contributed by atoms with Gasteiger partial charge in [0.1, 0.15) is 11.5 Å². The Balaban J connectivity index is 1.53. The van der Waals surface area contributed by atoms with E-state index in [9.17, 15) is 0 Å². The third-order valence-electron chi connectivity index (χ3n) is 4.19. The van der Waals surface area contributed by atoms with E-state index in [-0.39, 0.29) is 0 Å². The zero-order chi connectivity index (χ0) is 17.6. The lowest BCUT2D eigenvalue weighted by Crippen LogP contribution is -2.25. The summed E-state index contributed by atoms with van der Waals surface area (Å²) in [6, 6.07) is 20.8. The predicted octanol–water partition coefficient (Wildman–Crippen LogP) is 6.47. The van der Waals surface area contributed by atoms with Crippen LogP contribution in [0.2, 0.25) is 5.02 Å². The second-order valence-electron chi connectivity index (χ2n) is 6.20. The van der Waals surface area contributed by atoms with Crippen LogP contribution in [0.1, 0.15) is 24.7 Å². The molecular formula is C21H21BrClNO. The van der Waals surface area contributed by atoms with Gasteiger partial charge in [-0.3, -0.25) is 0 Å². The van der Waals surface area contributed by atoms with Crippen molar-refractivity contribution in [2.45, 2.75) is 32.4 Å². The molecule has 0 fully saturated rings. The molecule has 1 heterocycles. The molecule has 0 saturated carbocycles. The fourth-order valence-corrected chi connectivity index (χ4v) is 3.48. The Kier molecular flexibility index (Phi) is 6.35. The van der Waals surface area contributed by atoms with Crippen LogP contribution in [0, 0.1) is 0 Å². The minimum Gasteiger partial charge on any atom is -0.460 e. The van der Waals surface area contributed by atoms with Gasteiger partial charge in [-0.05, 0) is 55.7 Å². The largest absolute Gasteiger partial charge is 0.460 e. The molecule has 130 valence electrons. The molecule has 25 heavy (non-hydrogen) atoms. The summed E-state index contributed by atoms with van der Waals surface area (Å²) in [5.41, 5.74) is 2.29. The highest BCUT2D eigenvalue weighted by atomic mass is 79.9. The van der Waals surface area contributed by atoms with Crippen LogP contribution in [0.3, 0.4) is 0 Å². The van der Waals surface area contributed by atoms with Crippen molar-refractivity contribution in [3.05, 3.63) is 81.5 Å². The highest BCUT2D eigenvalue weighted by molar-refractivity contribution is 9.10. The topological polar surface area (TPSA) is 25.2 Å². The molecule has 2 nitrogen and oxygen atoms in total. The summed E-state index contributed by atoms with van der Waals surface area (Å²) in [5, 5.41) is 4.20. The second kappa shape index (κ2) is 8.70. The first-order valence-corrected chi connectivity index (χ1v) is 9.60. The number of furan rings is 1. The van der Waals surface area contributed by atoms with Crippen molar-refractivity contribution in [1.82, 2.24) is 5.32 Å². The molecule has 3 rings (SSSR count). The van der Waals surface area contributed by atoms with E-state index in [1.165, 1.54) is 5.56 Å². The van der Waals surface area contributed by atoms with Gasteiger partial charge < -0.3 is 9.73 Å². The molecule has 1 unspecified atom stereocenters. The molecule has 0 saturated heterocycles. The Hall–Kier alpha value is -1.55. The van der Waals surface area contributed by atoms with E-state index in [0.29, 0.717) is 17.6 Å². The number of nitrogens with one attached hydrogen (secondary N) is 1. The Morgan fingerprint density at radius 3 is 2.64 bits per heavy atom. The molecule has 0 aliphatic rings. The van der Waals surface area contributed by atoms with Crippen LogP contribution in [0.4, 0.5) is 0 Å². The standard InChI is InChI=1S/C21H21BrClNO/c1-15(7-8-16-5-3-2-4-6-16)24-14-18-10-12-21(25-18)19-11-9-17(22)13-20(19)23/h2-6,9-13,15,24H,7-8,14H2,1H3. The van der Waals surface area contributed by atoms with Crippen molar-refractivity contribution in [1.29, 1.82) is 0 Å². The number of benzene rings is 2. The normalized spacial score (nSPS) is 12.3. The lowest BCUT2D eigenvalue weighted by Gasteiger charge is -2.12. The molecule has 4 heteroatoms. The van der Waals surface area contributed by atoms with Gasteiger partial charge in [0.15, 0.2) is 0 Å². The van der Waals surface area contributed by atoms with Crippen molar-refractivity contribution >= 4 is 27.5 Å². The molecule has 3 aromatic rings. The molecule has 0 aliphatic heterocycles. The first-order chi connectivity index (χ1) is 12.1. The summed E-state index contributed by atoms with van der Waals surface area (Å²) in [7, 11) is 0. The number of hydrogen-bond donors (Lipinski definition) is 1. The summed E-state index contributed by atoms with van der Waals surface area (Å²) in [4.78, 5) is 0. The Labute approximate surface area is 162 Å². The van der Waals surface area contributed by atoms with Crippen LogP contribution in [-0.4, -0.2) is 6.04 Å². The van der Waals surface area contributed by atoms with Gasteiger partial charge in [0, 0.05) is 16.1 Å². The number of rotatable bonds is 7. The number of aryl methyl sites for hydroxylation is 1. The monoisotopic (exact) mass is 417 g/mol. The van der Waals surface area contributed by atoms with Crippen LogP contribution < -0.4 is 5.32 Å². The summed E-state index contributed by atoms with van der Waals surface area (Å²) in [6.45, 7) is 2.92. The highest BCUT2D eigenvalue weighted by Gasteiger charge is 2.10. The van der Waals surface area contributed by atoms with Crippen LogP contribution >= 0.6 is 27.5 Å². The van der Waals surface area contributed by atoms with Crippen LogP contribution in [0.25, 0.3) is 11.3 Å². The summed E-state index contributed by atoms with van der Waals surface area (Å²) >= 11 is 9.72. The fraction of sp³-hybridized carbons (Fsp3) is 0.238. The van der Waals surface area contributed by atoms with Crippen LogP contribution in [0.15, 0.2) is 69.6 Å². The van der Waals surface area contributed by atoms with E-state index in [1.807, 2.05) is 30.3 Å². The summed E-state index contributed by atoms with van der Waals surface area (Å²) < 4.78 is 6.90. The van der Waals surface area contributed by atoms with Crippen LogP contribution in [-0.2, 0) is 13.0 Å². The zero-order valence-electron chi connectivity index (χ0n) is 14.1. The average Bonchev–Trinajstić information content (AvgIpc) is 3.08. The SMILES string of the molecule is CC(CCc1ccccc1)NCc1ccc(-c2ccc(Br)cc2Cl)o1. The van der Waals surface area contributed by atoms with Crippen molar-refractivity contribution in [3.63, 3.8) is 0 Å². The van der Waals surface area contributed by atoms with Gasteiger partial charge in [-0.1, -0.05) is 57.9 Å². The molecule has 0 aliphatic carbocycles. The van der Waals surface area contributed by atoms with Gasteiger partial charge in [0.25, 0.3) is 0 Å². The van der Waals surface area contributed by atoms with Gasteiger partial charge in [0.05, 0.1) is 11.6 Å². The van der Waals surface area contributed by atoms with Gasteiger partial charge in [-0.15, -0.1) is 0 Å². The minimum atomic E-state index is 0.421. The number of halogens is 2. The van der Waals surface area contributed by atoms with Crippen molar-refractivity contribution in [3.8, 4) is 11.3 Å². The van der Waals surface area contributed by atoms with E-state index in [0.717, 1.165) is 34.4 Å². The van der Waals surface area contributed by atoms with Crippen molar-refractivity contribution < 1.29 is 4.42 Å². The Morgan fingerprint density at radius 1 is 1.08 bits per heavy atom. The molecular weight excluding hydrogens is 398 g/mol. The second-order valence-corrected chi connectivity index (χ2v) is 7.52. The maximum Gasteiger partial charge on any atom is 0.135 e. The number of hydrogen-bond acceptors (Lipinski definition) is 2. The van der Waals surface area contributed by atoms with Crippen molar-refractivity contribution in [2.75, 3.05) is 0 Å². The maximum absolute atomic E-state index is 6.29. The molecule has 0 radical (unpaired) electrons. The molecule has 1 aromatic heterocycles. The highest BCUT2D eigenvalue weighted by Crippen LogP contribution is 2.31. The molecule has 1 atom stereocenters. The van der Waals surface area contributed by atoms with Gasteiger partial charge in [0.2, 0.25) is 0 Å². The summed E-state index contributed by atoms with van der Waals surface area (Å²) in [5.74, 6) is 1.71. The third-order valence-corrected chi connectivity index (χ3v) is 5.00. The molecule has 2 aromatic carbocycles. The van der Waals surface area contributed by atoms with E-state index < -0.39 is 0 Å². The van der Waals surface area contributed by atoms with Gasteiger partial charge in [-0.2, -0.15) is 0 Å². The smallest absolute Gasteiger partial charge is 0.135 e.